The van der Waals surface area contributed by atoms with Gasteiger partial charge in [-0.1, -0.05) is 13.0 Å². The number of hydrogen-bond acceptors (Lipinski definition) is 3. The summed E-state index contributed by atoms with van der Waals surface area (Å²) < 4.78 is 5.24. The first-order valence-electron chi connectivity index (χ1n) is 6.14. The fourth-order valence-electron chi connectivity index (χ4n) is 2.66. The highest BCUT2D eigenvalue weighted by Crippen LogP contribution is 2.36. The normalized spacial score (nSPS) is 21.2. The van der Waals surface area contributed by atoms with Gasteiger partial charge in [-0.15, -0.1) is 0 Å². The molecule has 0 saturated carbocycles. The van der Waals surface area contributed by atoms with Gasteiger partial charge in [0.25, 0.3) is 0 Å². The lowest BCUT2D eigenvalue weighted by molar-refractivity contribution is -0.143. The summed E-state index contributed by atoms with van der Waals surface area (Å²) in [5.74, 6) is -0.407. The molecule has 0 fully saturated rings. The summed E-state index contributed by atoms with van der Waals surface area (Å²) in [6.07, 6.45) is 0.957. The Hall–Kier alpha value is -1.55. The predicted molar refractivity (Wildman–Crippen MR) is 68.9 cm³/mol. The molecule has 1 N–H and O–H groups in total. The number of fused-ring (bicyclic) bond motifs is 1. The maximum Gasteiger partial charge on any atom is 0.308 e. The Labute approximate surface area is 107 Å². The summed E-state index contributed by atoms with van der Waals surface area (Å²) in [5, 5.41) is 9.25. The molecule has 2 rings (SSSR count). The van der Waals surface area contributed by atoms with E-state index in [1.165, 1.54) is 5.56 Å². The van der Waals surface area contributed by atoms with E-state index in [2.05, 4.69) is 4.90 Å². The van der Waals surface area contributed by atoms with Crippen molar-refractivity contribution < 1.29 is 14.6 Å². The lowest BCUT2D eigenvalue weighted by Crippen LogP contribution is -2.38. The van der Waals surface area contributed by atoms with Crippen LogP contribution >= 0.6 is 0 Å². The Morgan fingerprint density at radius 1 is 1.56 bits per heavy atom. The molecule has 1 aromatic rings. The minimum Gasteiger partial charge on any atom is -0.497 e. The third-order valence-corrected chi connectivity index (χ3v) is 3.74. The topological polar surface area (TPSA) is 49.8 Å². The number of nitrogens with zero attached hydrogens (tertiary/aromatic N) is 1. The third-order valence-electron chi connectivity index (χ3n) is 3.74. The second-order valence-electron chi connectivity index (χ2n) is 4.87. The number of carboxylic acid groups (broad SMARTS) is 1. The predicted octanol–water partition coefficient (Wildman–Crippen LogP) is 1.94. The van der Waals surface area contributed by atoms with E-state index in [1.54, 1.807) is 14.0 Å². The van der Waals surface area contributed by atoms with Crippen LogP contribution in [0.15, 0.2) is 18.2 Å². The number of likely N-dealkylation sites (N-methyl/N-ethyl adjacent to an activating group) is 1. The number of benzene rings is 1. The number of methoxy groups -OCH3 is 1. The number of rotatable bonds is 3. The van der Waals surface area contributed by atoms with Crippen molar-refractivity contribution in [2.75, 3.05) is 20.7 Å². The third kappa shape index (κ3) is 2.20. The molecule has 0 aromatic heterocycles. The van der Waals surface area contributed by atoms with Gasteiger partial charge in [-0.2, -0.15) is 0 Å². The molecule has 0 radical (unpaired) electrons. The SMILES string of the molecule is COc1ccc2c(c1)C(C(C)C(=O)O)N(C)CC2. The summed E-state index contributed by atoms with van der Waals surface area (Å²) >= 11 is 0. The van der Waals surface area contributed by atoms with Crippen LogP contribution in [0.3, 0.4) is 0 Å². The summed E-state index contributed by atoms with van der Waals surface area (Å²) in [6.45, 7) is 2.65. The number of carboxylic acids is 1. The van der Waals surface area contributed by atoms with Crippen LogP contribution in [-0.2, 0) is 11.2 Å². The van der Waals surface area contributed by atoms with E-state index >= 15 is 0 Å². The Morgan fingerprint density at radius 3 is 2.89 bits per heavy atom. The van der Waals surface area contributed by atoms with Gasteiger partial charge in [-0.05, 0) is 36.7 Å². The van der Waals surface area contributed by atoms with Gasteiger partial charge in [-0.25, -0.2) is 0 Å². The molecule has 1 aliphatic rings. The fourth-order valence-corrected chi connectivity index (χ4v) is 2.66. The van der Waals surface area contributed by atoms with E-state index in [1.807, 2.05) is 25.2 Å². The monoisotopic (exact) mass is 249 g/mol. The molecule has 4 heteroatoms. The highest BCUT2D eigenvalue weighted by atomic mass is 16.5. The van der Waals surface area contributed by atoms with Crippen molar-refractivity contribution in [3.8, 4) is 5.75 Å². The number of hydrogen-bond donors (Lipinski definition) is 1. The van der Waals surface area contributed by atoms with Crippen LogP contribution in [0.25, 0.3) is 0 Å². The molecule has 0 aliphatic carbocycles. The average molecular weight is 249 g/mol. The molecule has 0 spiro atoms. The first-order chi connectivity index (χ1) is 8.54. The zero-order valence-corrected chi connectivity index (χ0v) is 11.0. The van der Waals surface area contributed by atoms with Crippen LogP contribution in [0.5, 0.6) is 5.75 Å². The summed E-state index contributed by atoms with van der Waals surface area (Å²) in [6, 6.07) is 5.87. The van der Waals surface area contributed by atoms with Gasteiger partial charge in [0.15, 0.2) is 0 Å². The van der Waals surface area contributed by atoms with Crippen LogP contribution in [0.4, 0.5) is 0 Å². The molecule has 0 amide bonds. The van der Waals surface area contributed by atoms with E-state index in [4.69, 9.17) is 4.74 Å². The van der Waals surface area contributed by atoms with Gasteiger partial charge in [0.1, 0.15) is 5.75 Å². The minimum absolute atomic E-state index is 0.0821. The molecule has 1 aliphatic heterocycles. The number of ether oxygens (including phenoxy) is 1. The molecule has 2 unspecified atom stereocenters. The highest BCUT2D eigenvalue weighted by molar-refractivity contribution is 5.71. The van der Waals surface area contributed by atoms with Gasteiger partial charge in [-0.3, -0.25) is 9.69 Å². The highest BCUT2D eigenvalue weighted by Gasteiger charge is 2.33. The summed E-state index contributed by atoms with van der Waals surface area (Å²) in [5.41, 5.74) is 2.31. The largest absolute Gasteiger partial charge is 0.497 e. The van der Waals surface area contributed by atoms with Gasteiger partial charge in [0.2, 0.25) is 0 Å². The van der Waals surface area contributed by atoms with Crippen molar-refractivity contribution in [2.24, 2.45) is 5.92 Å². The number of carbonyl (C=O) groups is 1. The maximum atomic E-state index is 11.3. The Kier molecular flexibility index (Phi) is 3.57. The van der Waals surface area contributed by atoms with E-state index in [0.717, 1.165) is 24.3 Å². The Bertz CT molecular complexity index is 458. The average Bonchev–Trinajstić information content (AvgIpc) is 2.37. The van der Waals surface area contributed by atoms with Gasteiger partial charge in [0.05, 0.1) is 13.0 Å². The van der Waals surface area contributed by atoms with Crippen molar-refractivity contribution in [1.29, 1.82) is 0 Å². The molecule has 2 atom stereocenters. The first-order valence-corrected chi connectivity index (χ1v) is 6.14. The molecular weight excluding hydrogens is 230 g/mol. The fraction of sp³-hybridized carbons (Fsp3) is 0.500. The molecule has 1 heterocycles. The maximum absolute atomic E-state index is 11.3. The molecule has 98 valence electrons. The number of aliphatic carboxylic acids is 1. The summed E-state index contributed by atoms with van der Waals surface area (Å²) in [4.78, 5) is 13.4. The van der Waals surface area contributed by atoms with Crippen LogP contribution in [0, 0.1) is 5.92 Å². The van der Waals surface area contributed by atoms with Crippen molar-refractivity contribution in [1.82, 2.24) is 4.90 Å². The molecule has 0 bridgehead atoms. The van der Waals surface area contributed by atoms with E-state index in [0.29, 0.717) is 0 Å². The molecule has 0 saturated heterocycles. The quantitative estimate of drug-likeness (QED) is 0.889. The van der Waals surface area contributed by atoms with Crippen molar-refractivity contribution >= 4 is 5.97 Å². The Balaban J connectivity index is 2.45. The van der Waals surface area contributed by atoms with Gasteiger partial charge >= 0.3 is 5.97 Å². The zero-order chi connectivity index (χ0) is 13.3. The van der Waals surface area contributed by atoms with E-state index in [9.17, 15) is 9.90 Å². The van der Waals surface area contributed by atoms with Crippen LogP contribution < -0.4 is 4.74 Å². The zero-order valence-electron chi connectivity index (χ0n) is 11.0. The van der Waals surface area contributed by atoms with Gasteiger partial charge in [0, 0.05) is 12.6 Å². The smallest absolute Gasteiger partial charge is 0.308 e. The molecule has 1 aromatic carbocycles. The van der Waals surface area contributed by atoms with E-state index in [-0.39, 0.29) is 6.04 Å². The van der Waals surface area contributed by atoms with Crippen molar-refractivity contribution in [3.63, 3.8) is 0 Å². The first kappa shape index (κ1) is 12.9. The minimum atomic E-state index is -0.762. The summed E-state index contributed by atoms with van der Waals surface area (Å²) in [7, 11) is 3.61. The van der Waals surface area contributed by atoms with Crippen LogP contribution in [0.1, 0.15) is 24.1 Å². The van der Waals surface area contributed by atoms with Crippen LogP contribution in [-0.4, -0.2) is 36.7 Å². The van der Waals surface area contributed by atoms with E-state index < -0.39 is 11.9 Å². The van der Waals surface area contributed by atoms with Gasteiger partial charge < -0.3 is 9.84 Å². The molecular formula is C14H19NO3. The molecule has 4 nitrogen and oxygen atoms in total. The van der Waals surface area contributed by atoms with Crippen molar-refractivity contribution in [3.05, 3.63) is 29.3 Å². The molecule has 18 heavy (non-hydrogen) atoms. The second kappa shape index (κ2) is 4.98. The second-order valence-corrected chi connectivity index (χ2v) is 4.87. The standard InChI is InChI=1S/C14H19NO3/c1-9(14(16)17)13-12-8-11(18-3)5-4-10(12)6-7-15(13)2/h4-5,8-9,13H,6-7H2,1-3H3,(H,16,17). The Morgan fingerprint density at radius 2 is 2.28 bits per heavy atom. The van der Waals surface area contributed by atoms with Crippen molar-refractivity contribution in [2.45, 2.75) is 19.4 Å². The lowest BCUT2D eigenvalue weighted by atomic mass is 9.85. The van der Waals surface area contributed by atoms with Crippen LogP contribution in [0.2, 0.25) is 0 Å². The lowest BCUT2D eigenvalue weighted by Gasteiger charge is -2.37.